The zero-order valence-electron chi connectivity index (χ0n) is 14.3. The Kier molecular flexibility index (Phi) is 4.79. The minimum Gasteiger partial charge on any atom is -0.510 e. The number of alkyl halides is 3. The Bertz CT molecular complexity index is 873. The standard InChI is InChI=1S/C18H18F3N3OS/c1-3-10(2)24-8-14(25)15(16(24)22)17-23-13(9-26-17)11-5-4-6-12(7-11)18(19,20)21/h4-7,9-10,22,25H,3,8H2,1-2H3/t10-/m0/s1. The van der Waals surface area contributed by atoms with E-state index < -0.39 is 11.7 Å². The van der Waals surface area contributed by atoms with Crippen molar-refractivity contribution in [2.45, 2.75) is 32.5 Å². The minimum atomic E-state index is -4.42. The predicted molar refractivity (Wildman–Crippen MR) is 96.3 cm³/mol. The Labute approximate surface area is 153 Å². The number of aliphatic hydroxyl groups excluding tert-OH is 1. The van der Waals surface area contributed by atoms with E-state index in [2.05, 4.69) is 4.98 Å². The molecule has 0 saturated carbocycles. The zero-order chi connectivity index (χ0) is 19.1. The molecule has 1 aliphatic heterocycles. The van der Waals surface area contributed by atoms with Crippen molar-refractivity contribution >= 4 is 22.7 Å². The third kappa shape index (κ3) is 3.33. The summed E-state index contributed by atoms with van der Waals surface area (Å²) in [4.78, 5) is 6.16. The molecule has 1 atom stereocenters. The molecule has 0 amide bonds. The van der Waals surface area contributed by atoms with E-state index in [0.29, 0.717) is 21.8 Å². The van der Waals surface area contributed by atoms with Gasteiger partial charge in [0.2, 0.25) is 0 Å². The molecule has 0 fully saturated rings. The number of amidine groups is 1. The SMILES string of the molecule is CC[C@H](C)N1CC(O)=C(c2nc(-c3cccc(C(F)(F)F)c3)cs2)C1=N. The molecule has 2 N–H and O–H groups in total. The van der Waals surface area contributed by atoms with Gasteiger partial charge in [-0.25, -0.2) is 4.98 Å². The van der Waals surface area contributed by atoms with Crippen LogP contribution in [0.5, 0.6) is 0 Å². The van der Waals surface area contributed by atoms with Crippen molar-refractivity contribution in [1.29, 1.82) is 5.41 Å². The Hall–Kier alpha value is -2.35. The molecule has 1 aromatic carbocycles. The first-order valence-corrected chi connectivity index (χ1v) is 9.01. The lowest BCUT2D eigenvalue weighted by Crippen LogP contribution is -2.34. The van der Waals surface area contributed by atoms with Gasteiger partial charge in [-0.1, -0.05) is 19.1 Å². The largest absolute Gasteiger partial charge is 0.510 e. The second-order valence-electron chi connectivity index (χ2n) is 6.17. The van der Waals surface area contributed by atoms with Crippen molar-refractivity contribution in [3.05, 3.63) is 46.0 Å². The van der Waals surface area contributed by atoms with Gasteiger partial charge in [-0.05, 0) is 25.5 Å². The zero-order valence-corrected chi connectivity index (χ0v) is 15.1. The molecule has 138 valence electrons. The number of nitrogens with one attached hydrogen (secondary N) is 1. The molecule has 3 rings (SSSR count). The van der Waals surface area contributed by atoms with Gasteiger partial charge < -0.3 is 10.0 Å². The lowest BCUT2D eigenvalue weighted by atomic mass is 10.1. The monoisotopic (exact) mass is 381 g/mol. The number of benzene rings is 1. The molecule has 2 heterocycles. The summed E-state index contributed by atoms with van der Waals surface area (Å²) in [6, 6.07) is 5.08. The summed E-state index contributed by atoms with van der Waals surface area (Å²) in [5, 5.41) is 20.7. The number of thiazole rings is 1. The van der Waals surface area contributed by atoms with Crippen LogP contribution in [0.4, 0.5) is 13.2 Å². The molecule has 4 nitrogen and oxygen atoms in total. The second-order valence-corrected chi connectivity index (χ2v) is 7.03. The van der Waals surface area contributed by atoms with E-state index in [4.69, 9.17) is 5.41 Å². The van der Waals surface area contributed by atoms with Crippen molar-refractivity contribution < 1.29 is 18.3 Å². The van der Waals surface area contributed by atoms with E-state index in [1.54, 1.807) is 16.3 Å². The number of hydrogen-bond acceptors (Lipinski definition) is 4. The molecule has 0 bridgehead atoms. The minimum absolute atomic E-state index is 0.0697. The molecular formula is C18H18F3N3OS. The van der Waals surface area contributed by atoms with Crippen molar-refractivity contribution in [1.82, 2.24) is 9.88 Å². The predicted octanol–water partition coefficient (Wildman–Crippen LogP) is 5.19. The quantitative estimate of drug-likeness (QED) is 0.766. The Morgan fingerprint density at radius 1 is 1.38 bits per heavy atom. The molecular weight excluding hydrogens is 363 g/mol. The maximum absolute atomic E-state index is 12.9. The lowest BCUT2D eigenvalue weighted by Gasteiger charge is -2.25. The van der Waals surface area contributed by atoms with Crippen LogP contribution in [0.1, 0.15) is 30.8 Å². The molecule has 0 saturated heterocycles. The summed E-state index contributed by atoms with van der Waals surface area (Å²) in [5.74, 6) is 0.266. The van der Waals surface area contributed by atoms with Crippen LogP contribution in [-0.2, 0) is 6.18 Å². The topological polar surface area (TPSA) is 60.2 Å². The van der Waals surface area contributed by atoms with Crippen LogP contribution in [0.25, 0.3) is 16.8 Å². The van der Waals surface area contributed by atoms with Crippen LogP contribution in [-0.4, -0.2) is 33.4 Å². The Morgan fingerprint density at radius 3 is 2.77 bits per heavy atom. The average Bonchev–Trinajstić information content (AvgIpc) is 3.18. The van der Waals surface area contributed by atoms with Crippen molar-refractivity contribution in [2.75, 3.05) is 6.54 Å². The Balaban J connectivity index is 1.92. The summed E-state index contributed by atoms with van der Waals surface area (Å²) >= 11 is 1.21. The lowest BCUT2D eigenvalue weighted by molar-refractivity contribution is -0.137. The van der Waals surface area contributed by atoms with E-state index in [1.165, 1.54) is 17.4 Å². The van der Waals surface area contributed by atoms with Gasteiger partial charge in [-0.2, -0.15) is 13.2 Å². The van der Waals surface area contributed by atoms with Gasteiger partial charge in [-0.3, -0.25) is 5.41 Å². The van der Waals surface area contributed by atoms with Crippen LogP contribution in [0.15, 0.2) is 35.4 Å². The summed E-state index contributed by atoms with van der Waals surface area (Å²) < 4.78 is 38.7. The highest BCUT2D eigenvalue weighted by Crippen LogP contribution is 2.35. The highest BCUT2D eigenvalue weighted by Gasteiger charge is 2.33. The molecule has 0 radical (unpaired) electrons. The fourth-order valence-electron chi connectivity index (χ4n) is 2.80. The number of halogens is 3. The average molecular weight is 381 g/mol. The fourth-order valence-corrected chi connectivity index (χ4v) is 3.69. The molecule has 0 spiro atoms. The first-order chi connectivity index (χ1) is 12.2. The fraction of sp³-hybridized carbons (Fsp3) is 0.333. The van der Waals surface area contributed by atoms with Crippen molar-refractivity contribution in [3.63, 3.8) is 0 Å². The normalized spacial score (nSPS) is 16.5. The summed E-state index contributed by atoms with van der Waals surface area (Å²) in [6.45, 7) is 4.23. The molecule has 1 aromatic heterocycles. The van der Waals surface area contributed by atoms with E-state index >= 15 is 0 Å². The maximum atomic E-state index is 12.9. The maximum Gasteiger partial charge on any atom is 0.416 e. The first kappa shape index (κ1) is 18.4. The first-order valence-electron chi connectivity index (χ1n) is 8.13. The molecule has 1 aliphatic rings. The van der Waals surface area contributed by atoms with Crippen LogP contribution >= 0.6 is 11.3 Å². The summed E-state index contributed by atoms with van der Waals surface area (Å²) in [7, 11) is 0. The number of hydrogen-bond donors (Lipinski definition) is 2. The van der Waals surface area contributed by atoms with E-state index in [-0.39, 0.29) is 24.2 Å². The third-order valence-corrected chi connectivity index (χ3v) is 5.32. The van der Waals surface area contributed by atoms with E-state index in [0.717, 1.165) is 18.6 Å². The smallest absolute Gasteiger partial charge is 0.416 e. The van der Waals surface area contributed by atoms with Gasteiger partial charge in [0, 0.05) is 17.0 Å². The van der Waals surface area contributed by atoms with Crippen LogP contribution < -0.4 is 0 Å². The molecule has 0 unspecified atom stereocenters. The van der Waals surface area contributed by atoms with Gasteiger partial charge >= 0.3 is 6.18 Å². The van der Waals surface area contributed by atoms with Crippen molar-refractivity contribution in [2.24, 2.45) is 0 Å². The Morgan fingerprint density at radius 2 is 2.12 bits per heavy atom. The van der Waals surface area contributed by atoms with Gasteiger partial charge in [-0.15, -0.1) is 11.3 Å². The highest BCUT2D eigenvalue weighted by molar-refractivity contribution is 7.11. The van der Waals surface area contributed by atoms with Gasteiger partial charge in [0.15, 0.2) is 0 Å². The van der Waals surface area contributed by atoms with Crippen LogP contribution in [0.2, 0.25) is 0 Å². The molecule has 2 aromatic rings. The second kappa shape index (κ2) is 6.75. The number of aliphatic hydroxyl groups is 1. The molecule has 26 heavy (non-hydrogen) atoms. The summed E-state index contributed by atoms with van der Waals surface area (Å²) in [6.07, 6.45) is -3.59. The van der Waals surface area contributed by atoms with Gasteiger partial charge in [0.1, 0.15) is 16.6 Å². The number of aromatic nitrogens is 1. The summed E-state index contributed by atoms with van der Waals surface area (Å²) in [5.41, 5.74) is 0.369. The van der Waals surface area contributed by atoms with Crippen LogP contribution in [0.3, 0.4) is 0 Å². The van der Waals surface area contributed by atoms with Crippen LogP contribution in [0, 0.1) is 5.41 Å². The molecule has 0 aliphatic carbocycles. The number of rotatable bonds is 4. The van der Waals surface area contributed by atoms with Gasteiger partial charge in [0.05, 0.1) is 23.4 Å². The van der Waals surface area contributed by atoms with E-state index in [1.807, 2.05) is 13.8 Å². The van der Waals surface area contributed by atoms with E-state index in [9.17, 15) is 18.3 Å². The highest BCUT2D eigenvalue weighted by atomic mass is 32.1. The third-order valence-electron chi connectivity index (χ3n) is 4.46. The molecule has 8 heteroatoms. The number of nitrogens with zero attached hydrogens (tertiary/aromatic N) is 2. The van der Waals surface area contributed by atoms with Crippen molar-refractivity contribution in [3.8, 4) is 11.3 Å². The van der Waals surface area contributed by atoms with Gasteiger partial charge in [0.25, 0.3) is 0 Å².